The van der Waals surface area contributed by atoms with Crippen LogP contribution in [-0.2, 0) is 14.6 Å². The fourth-order valence-corrected chi connectivity index (χ4v) is 5.43. The van der Waals surface area contributed by atoms with Crippen LogP contribution in [0.4, 0.5) is 0 Å². The van der Waals surface area contributed by atoms with Crippen LogP contribution in [0.25, 0.3) is 0 Å². The van der Waals surface area contributed by atoms with Crippen LogP contribution in [-0.4, -0.2) is 61.8 Å². The van der Waals surface area contributed by atoms with Crippen LogP contribution in [0, 0.1) is 0 Å². The predicted octanol–water partition coefficient (Wildman–Crippen LogP) is 1.78. The molecule has 0 aromatic carbocycles. The van der Waals surface area contributed by atoms with Gasteiger partial charge in [-0.25, -0.2) is 8.42 Å². The number of carbonyl (C=O) groups is 1. The Morgan fingerprint density at radius 1 is 1.50 bits per heavy atom. The van der Waals surface area contributed by atoms with Crippen molar-refractivity contribution in [3.05, 3.63) is 22.4 Å². The second-order valence-electron chi connectivity index (χ2n) is 5.84. The van der Waals surface area contributed by atoms with Gasteiger partial charge >= 0.3 is 0 Å². The van der Waals surface area contributed by atoms with Gasteiger partial charge in [-0.15, -0.1) is 11.3 Å². The third kappa shape index (κ3) is 4.08. The molecule has 1 aliphatic heterocycles. The van der Waals surface area contributed by atoms with E-state index in [2.05, 4.69) is 13.0 Å². The number of hydrogen-bond acceptors (Lipinski definition) is 5. The molecule has 0 radical (unpaired) electrons. The number of thiophene rings is 1. The summed E-state index contributed by atoms with van der Waals surface area (Å²) in [7, 11) is -1.04. The Kier molecular flexibility index (Phi) is 5.63. The highest BCUT2D eigenvalue weighted by molar-refractivity contribution is 7.91. The Balaban J connectivity index is 1.97. The fraction of sp³-hybridized carbons (Fsp3) is 0.667. The molecule has 0 spiro atoms. The molecule has 1 fully saturated rings. The lowest BCUT2D eigenvalue weighted by Crippen LogP contribution is -2.45. The molecular formula is C15H24N2O3S2. The minimum absolute atomic E-state index is 0.00973. The van der Waals surface area contributed by atoms with Crippen LogP contribution in [0.15, 0.2) is 17.5 Å². The number of likely N-dealkylation sites (N-methyl/N-ethyl adjacent to an activating group) is 2. The van der Waals surface area contributed by atoms with Gasteiger partial charge in [0.1, 0.15) is 0 Å². The molecule has 1 saturated heterocycles. The molecule has 1 aromatic rings. The molecule has 0 N–H and O–H groups in total. The number of amides is 1. The van der Waals surface area contributed by atoms with E-state index in [9.17, 15) is 13.2 Å². The van der Waals surface area contributed by atoms with E-state index in [0.717, 1.165) is 0 Å². The molecule has 0 bridgehead atoms. The molecule has 1 aromatic heterocycles. The van der Waals surface area contributed by atoms with Gasteiger partial charge in [0.25, 0.3) is 0 Å². The Hall–Kier alpha value is -0.920. The lowest BCUT2D eigenvalue weighted by atomic mass is 10.2. The van der Waals surface area contributed by atoms with E-state index < -0.39 is 9.84 Å². The van der Waals surface area contributed by atoms with E-state index in [1.807, 2.05) is 30.3 Å². The first-order chi connectivity index (χ1) is 10.3. The van der Waals surface area contributed by atoms with Crippen molar-refractivity contribution in [2.45, 2.75) is 32.4 Å². The first-order valence-corrected chi connectivity index (χ1v) is 10.3. The molecule has 124 valence electrons. The maximum Gasteiger partial charge on any atom is 0.237 e. The summed E-state index contributed by atoms with van der Waals surface area (Å²) >= 11 is 1.68. The largest absolute Gasteiger partial charge is 0.338 e. The van der Waals surface area contributed by atoms with Gasteiger partial charge in [0.2, 0.25) is 5.91 Å². The molecule has 0 aliphatic carbocycles. The summed E-state index contributed by atoms with van der Waals surface area (Å²) in [6.07, 6.45) is 0.562. The van der Waals surface area contributed by atoms with Gasteiger partial charge in [-0.1, -0.05) is 6.07 Å². The maximum absolute atomic E-state index is 12.5. The zero-order valence-electron chi connectivity index (χ0n) is 13.4. The van der Waals surface area contributed by atoms with Gasteiger partial charge in [0, 0.05) is 23.5 Å². The second-order valence-corrected chi connectivity index (χ2v) is 9.05. The third-order valence-electron chi connectivity index (χ3n) is 4.31. The lowest BCUT2D eigenvalue weighted by Gasteiger charge is -2.30. The van der Waals surface area contributed by atoms with Crippen molar-refractivity contribution in [1.29, 1.82) is 0 Å². The fourth-order valence-electron chi connectivity index (χ4n) is 2.85. The van der Waals surface area contributed by atoms with Gasteiger partial charge in [-0.2, -0.15) is 0 Å². The van der Waals surface area contributed by atoms with Gasteiger partial charge in [0.15, 0.2) is 9.84 Å². The van der Waals surface area contributed by atoms with Crippen molar-refractivity contribution in [1.82, 2.24) is 9.80 Å². The molecule has 1 aliphatic rings. The number of carbonyl (C=O) groups excluding carboxylic acids is 1. The van der Waals surface area contributed by atoms with Gasteiger partial charge in [-0.3, -0.25) is 9.69 Å². The summed E-state index contributed by atoms with van der Waals surface area (Å²) in [5.41, 5.74) is 0. The monoisotopic (exact) mass is 344 g/mol. The van der Waals surface area contributed by atoms with Crippen LogP contribution in [0.3, 0.4) is 0 Å². The van der Waals surface area contributed by atoms with E-state index in [1.165, 1.54) is 4.88 Å². The molecule has 2 unspecified atom stereocenters. The molecule has 7 heteroatoms. The highest BCUT2D eigenvalue weighted by Gasteiger charge is 2.34. The smallest absolute Gasteiger partial charge is 0.237 e. The average molecular weight is 345 g/mol. The van der Waals surface area contributed by atoms with Crippen molar-refractivity contribution >= 4 is 27.1 Å². The summed E-state index contributed by atoms with van der Waals surface area (Å²) in [6.45, 7) is 4.85. The number of hydrogen-bond donors (Lipinski definition) is 0. The van der Waals surface area contributed by atoms with Gasteiger partial charge in [-0.05, 0) is 38.8 Å². The van der Waals surface area contributed by atoms with E-state index in [0.29, 0.717) is 19.5 Å². The molecule has 0 saturated carbocycles. The highest BCUT2D eigenvalue weighted by Crippen LogP contribution is 2.24. The summed E-state index contributed by atoms with van der Waals surface area (Å²) in [5.74, 6) is 0.315. The first kappa shape index (κ1) is 17.4. The van der Waals surface area contributed by atoms with Gasteiger partial charge < -0.3 is 4.90 Å². The summed E-state index contributed by atoms with van der Waals surface area (Å²) < 4.78 is 23.2. The SMILES string of the molecule is CCN(C(=O)CN(C)C(C)c1cccs1)C1CCS(=O)(=O)C1. The van der Waals surface area contributed by atoms with Crippen molar-refractivity contribution in [3.8, 4) is 0 Å². The summed E-state index contributed by atoms with van der Waals surface area (Å²) in [4.78, 5) is 17.5. The first-order valence-electron chi connectivity index (χ1n) is 7.57. The minimum atomic E-state index is -2.97. The predicted molar refractivity (Wildman–Crippen MR) is 89.8 cm³/mol. The van der Waals surface area contributed by atoms with Gasteiger partial charge in [0.05, 0.1) is 18.1 Å². The molecule has 2 atom stereocenters. The third-order valence-corrected chi connectivity index (χ3v) is 7.10. The Labute approximate surface area is 136 Å². The Bertz CT molecular complexity index is 598. The molecular weight excluding hydrogens is 320 g/mol. The minimum Gasteiger partial charge on any atom is -0.338 e. The quantitative estimate of drug-likeness (QED) is 0.789. The van der Waals surface area contributed by atoms with Crippen LogP contribution < -0.4 is 0 Å². The standard InChI is InChI=1S/C15H24N2O3S2/c1-4-17(13-7-9-22(19,20)11-13)15(18)10-16(3)12(2)14-6-5-8-21-14/h5-6,8,12-13H,4,7,9-11H2,1-3H3. The molecule has 22 heavy (non-hydrogen) atoms. The summed E-state index contributed by atoms with van der Waals surface area (Å²) in [6, 6.07) is 4.09. The van der Waals surface area contributed by atoms with Crippen LogP contribution in [0.1, 0.15) is 31.2 Å². The van der Waals surface area contributed by atoms with E-state index in [-0.39, 0.29) is 29.5 Å². The Morgan fingerprint density at radius 2 is 2.23 bits per heavy atom. The topological polar surface area (TPSA) is 57.7 Å². The maximum atomic E-state index is 12.5. The normalized spacial score (nSPS) is 21.9. The van der Waals surface area contributed by atoms with Crippen LogP contribution >= 0.6 is 11.3 Å². The average Bonchev–Trinajstić information content (AvgIpc) is 3.08. The van der Waals surface area contributed by atoms with E-state index in [4.69, 9.17) is 0 Å². The van der Waals surface area contributed by atoms with E-state index in [1.54, 1.807) is 16.2 Å². The molecule has 2 rings (SSSR count). The number of rotatable bonds is 6. The molecule has 5 nitrogen and oxygen atoms in total. The summed E-state index contributed by atoms with van der Waals surface area (Å²) in [5, 5.41) is 2.03. The zero-order chi connectivity index (χ0) is 16.3. The van der Waals surface area contributed by atoms with Crippen LogP contribution in [0.5, 0.6) is 0 Å². The van der Waals surface area contributed by atoms with Crippen LogP contribution in [0.2, 0.25) is 0 Å². The number of sulfone groups is 1. The van der Waals surface area contributed by atoms with E-state index >= 15 is 0 Å². The van der Waals surface area contributed by atoms with Crippen molar-refractivity contribution in [3.63, 3.8) is 0 Å². The molecule has 2 heterocycles. The number of nitrogens with zero attached hydrogens (tertiary/aromatic N) is 2. The van der Waals surface area contributed by atoms with Crippen molar-refractivity contribution < 1.29 is 13.2 Å². The lowest BCUT2D eigenvalue weighted by molar-refractivity contribution is -0.134. The van der Waals surface area contributed by atoms with Crippen molar-refractivity contribution in [2.24, 2.45) is 0 Å². The van der Waals surface area contributed by atoms with Crippen molar-refractivity contribution in [2.75, 3.05) is 31.6 Å². The zero-order valence-corrected chi connectivity index (χ0v) is 15.0. The Morgan fingerprint density at radius 3 is 2.73 bits per heavy atom. The highest BCUT2D eigenvalue weighted by atomic mass is 32.2. The molecule has 1 amide bonds. The second kappa shape index (κ2) is 7.10.